The second-order valence-corrected chi connectivity index (χ2v) is 4.74. The Morgan fingerprint density at radius 3 is 2.85 bits per heavy atom. The smallest absolute Gasteiger partial charge is 0.293 e. The minimum atomic E-state index is -0.247. The number of rotatable bonds is 4. The van der Waals surface area contributed by atoms with E-state index in [4.69, 9.17) is 0 Å². The maximum absolute atomic E-state index is 13.6. The first-order valence-corrected chi connectivity index (χ1v) is 6.61. The SMILES string of the molecule is CCn1ccnc(NC(C)c2ccc(C)c(F)c2)c1=O. The van der Waals surface area contributed by atoms with Crippen molar-refractivity contribution in [2.24, 2.45) is 0 Å². The molecule has 0 aliphatic carbocycles. The molecule has 5 heteroatoms. The van der Waals surface area contributed by atoms with Gasteiger partial charge in [-0.3, -0.25) is 4.79 Å². The zero-order valence-electron chi connectivity index (χ0n) is 11.9. The zero-order valence-corrected chi connectivity index (χ0v) is 11.9. The van der Waals surface area contributed by atoms with E-state index < -0.39 is 0 Å². The lowest BCUT2D eigenvalue weighted by Crippen LogP contribution is -2.24. The minimum Gasteiger partial charge on any atom is -0.359 e. The summed E-state index contributed by atoms with van der Waals surface area (Å²) in [7, 11) is 0. The summed E-state index contributed by atoms with van der Waals surface area (Å²) in [4.78, 5) is 16.1. The van der Waals surface area contributed by atoms with Crippen LogP contribution in [0.2, 0.25) is 0 Å². The first-order valence-electron chi connectivity index (χ1n) is 6.61. The largest absolute Gasteiger partial charge is 0.359 e. The van der Waals surface area contributed by atoms with Crippen LogP contribution in [0, 0.1) is 12.7 Å². The lowest BCUT2D eigenvalue weighted by atomic mass is 10.1. The Morgan fingerprint density at radius 2 is 2.20 bits per heavy atom. The number of aryl methyl sites for hydroxylation is 2. The Morgan fingerprint density at radius 1 is 1.45 bits per heavy atom. The van der Waals surface area contributed by atoms with Gasteiger partial charge in [-0.1, -0.05) is 12.1 Å². The second kappa shape index (κ2) is 5.86. The van der Waals surface area contributed by atoms with Gasteiger partial charge in [0, 0.05) is 18.9 Å². The van der Waals surface area contributed by atoms with Crippen LogP contribution >= 0.6 is 0 Å². The van der Waals surface area contributed by atoms with Gasteiger partial charge in [0.05, 0.1) is 6.04 Å². The maximum Gasteiger partial charge on any atom is 0.293 e. The molecule has 0 spiro atoms. The highest BCUT2D eigenvalue weighted by Crippen LogP contribution is 2.18. The van der Waals surface area contributed by atoms with Crippen molar-refractivity contribution in [3.05, 3.63) is 57.9 Å². The molecule has 0 saturated carbocycles. The van der Waals surface area contributed by atoms with Gasteiger partial charge in [0.25, 0.3) is 5.56 Å². The fourth-order valence-electron chi connectivity index (χ4n) is 1.96. The Balaban J connectivity index is 2.25. The van der Waals surface area contributed by atoms with E-state index in [1.54, 1.807) is 30.0 Å². The van der Waals surface area contributed by atoms with E-state index in [1.165, 1.54) is 6.07 Å². The van der Waals surface area contributed by atoms with Gasteiger partial charge in [-0.05, 0) is 38.0 Å². The van der Waals surface area contributed by atoms with E-state index in [0.717, 1.165) is 5.56 Å². The summed E-state index contributed by atoms with van der Waals surface area (Å²) < 4.78 is 15.1. The third-order valence-corrected chi connectivity index (χ3v) is 3.30. The molecule has 20 heavy (non-hydrogen) atoms. The van der Waals surface area contributed by atoms with E-state index in [1.807, 2.05) is 19.9 Å². The summed E-state index contributed by atoms with van der Waals surface area (Å²) in [5.41, 5.74) is 1.21. The van der Waals surface area contributed by atoms with Crippen molar-refractivity contribution in [3.63, 3.8) is 0 Å². The number of aromatic nitrogens is 2. The van der Waals surface area contributed by atoms with Crippen molar-refractivity contribution in [1.29, 1.82) is 0 Å². The molecule has 4 nitrogen and oxygen atoms in total. The maximum atomic E-state index is 13.6. The van der Waals surface area contributed by atoms with Crippen LogP contribution in [0.3, 0.4) is 0 Å². The number of nitrogens with zero attached hydrogens (tertiary/aromatic N) is 2. The third kappa shape index (κ3) is 2.87. The summed E-state index contributed by atoms with van der Waals surface area (Å²) >= 11 is 0. The molecule has 1 heterocycles. The van der Waals surface area contributed by atoms with E-state index in [-0.39, 0.29) is 23.2 Å². The van der Waals surface area contributed by atoms with Gasteiger partial charge >= 0.3 is 0 Å². The summed E-state index contributed by atoms with van der Waals surface area (Å²) in [5, 5.41) is 3.04. The van der Waals surface area contributed by atoms with Crippen LogP contribution in [0.4, 0.5) is 10.2 Å². The predicted octanol–water partition coefficient (Wildman–Crippen LogP) is 2.88. The van der Waals surface area contributed by atoms with Crippen LogP contribution in [0.5, 0.6) is 0 Å². The lowest BCUT2D eigenvalue weighted by molar-refractivity contribution is 0.614. The molecule has 0 bridgehead atoms. The summed E-state index contributed by atoms with van der Waals surface area (Å²) in [6, 6.07) is 4.86. The molecular weight excluding hydrogens is 257 g/mol. The molecule has 0 radical (unpaired) electrons. The Kier molecular flexibility index (Phi) is 4.17. The molecule has 1 aromatic heterocycles. The monoisotopic (exact) mass is 275 g/mol. The predicted molar refractivity (Wildman–Crippen MR) is 77.3 cm³/mol. The number of anilines is 1. The van der Waals surface area contributed by atoms with Crippen LogP contribution in [0.15, 0.2) is 35.4 Å². The van der Waals surface area contributed by atoms with Crippen LogP contribution in [-0.4, -0.2) is 9.55 Å². The van der Waals surface area contributed by atoms with E-state index in [9.17, 15) is 9.18 Å². The van der Waals surface area contributed by atoms with E-state index in [2.05, 4.69) is 10.3 Å². The van der Waals surface area contributed by atoms with E-state index in [0.29, 0.717) is 12.1 Å². The zero-order chi connectivity index (χ0) is 14.7. The highest BCUT2D eigenvalue weighted by molar-refractivity contribution is 5.36. The third-order valence-electron chi connectivity index (χ3n) is 3.30. The average Bonchev–Trinajstić information content (AvgIpc) is 2.44. The minimum absolute atomic E-state index is 0.172. The Bertz CT molecular complexity index is 666. The van der Waals surface area contributed by atoms with Gasteiger partial charge in [-0.15, -0.1) is 0 Å². The molecule has 1 N–H and O–H groups in total. The summed E-state index contributed by atoms with van der Waals surface area (Å²) in [6.45, 7) is 6.07. The topological polar surface area (TPSA) is 46.9 Å². The fourth-order valence-corrected chi connectivity index (χ4v) is 1.96. The van der Waals surface area contributed by atoms with Gasteiger partial charge in [0.15, 0.2) is 5.82 Å². The number of halogens is 1. The highest BCUT2D eigenvalue weighted by atomic mass is 19.1. The van der Waals surface area contributed by atoms with Gasteiger partial charge in [0.1, 0.15) is 5.82 Å². The molecule has 1 unspecified atom stereocenters. The van der Waals surface area contributed by atoms with Gasteiger partial charge < -0.3 is 9.88 Å². The summed E-state index contributed by atoms with van der Waals surface area (Å²) in [5.74, 6) is 0.0333. The number of benzene rings is 1. The highest BCUT2D eigenvalue weighted by Gasteiger charge is 2.11. The van der Waals surface area contributed by atoms with Gasteiger partial charge in [-0.25, -0.2) is 9.37 Å². The normalized spacial score (nSPS) is 12.2. The molecule has 0 aliphatic rings. The Labute approximate surface area is 117 Å². The van der Waals surface area contributed by atoms with Crippen LogP contribution in [0.25, 0.3) is 0 Å². The molecule has 106 valence electrons. The number of hydrogen-bond acceptors (Lipinski definition) is 3. The van der Waals surface area contributed by atoms with Crippen molar-refractivity contribution in [3.8, 4) is 0 Å². The van der Waals surface area contributed by atoms with Crippen molar-refractivity contribution in [2.45, 2.75) is 33.4 Å². The Hall–Kier alpha value is -2.17. The standard InChI is InChI=1S/C15H18FN3O/c1-4-19-8-7-17-14(15(19)20)18-11(3)12-6-5-10(2)13(16)9-12/h5-9,11H,4H2,1-3H3,(H,17,18). The molecule has 0 saturated heterocycles. The molecule has 1 atom stereocenters. The second-order valence-electron chi connectivity index (χ2n) is 4.74. The molecule has 0 amide bonds. The van der Waals surface area contributed by atoms with Crippen LogP contribution in [0.1, 0.15) is 31.0 Å². The average molecular weight is 275 g/mol. The summed E-state index contributed by atoms with van der Waals surface area (Å²) in [6.07, 6.45) is 3.22. The van der Waals surface area contributed by atoms with Crippen molar-refractivity contribution >= 4 is 5.82 Å². The van der Waals surface area contributed by atoms with Gasteiger partial charge in [-0.2, -0.15) is 0 Å². The van der Waals surface area contributed by atoms with E-state index >= 15 is 0 Å². The lowest BCUT2D eigenvalue weighted by Gasteiger charge is -2.15. The molecule has 2 aromatic rings. The first kappa shape index (κ1) is 14.2. The van der Waals surface area contributed by atoms with Crippen LogP contribution < -0.4 is 10.9 Å². The van der Waals surface area contributed by atoms with Crippen molar-refractivity contribution in [2.75, 3.05) is 5.32 Å². The molecule has 0 fully saturated rings. The first-order chi connectivity index (χ1) is 9.52. The number of nitrogens with one attached hydrogen (secondary N) is 1. The molecule has 0 aliphatic heterocycles. The van der Waals surface area contributed by atoms with Crippen molar-refractivity contribution in [1.82, 2.24) is 9.55 Å². The molecule has 2 rings (SSSR count). The quantitative estimate of drug-likeness (QED) is 0.933. The fraction of sp³-hybridized carbons (Fsp3) is 0.333. The molecule has 1 aromatic carbocycles. The van der Waals surface area contributed by atoms with Gasteiger partial charge in [0.2, 0.25) is 0 Å². The number of hydrogen-bond donors (Lipinski definition) is 1. The molecular formula is C15H18FN3O. The van der Waals surface area contributed by atoms with Crippen molar-refractivity contribution < 1.29 is 4.39 Å². The van der Waals surface area contributed by atoms with Crippen LogP contribution in [-0.2, 0) is 6.54 Å².